The summed E-state index contributed by atoms with van der Waals surface area (Å²) in [5, 5.41) is 2.68. The van der Waals surface area contributed by atoms with Crippen LogP contribution in [-0.2, 0) is 0 Å². The van der Waals surface area contributed by atoms with Crippen molar-refractivity contribution in [2.45, 2.75) is 0 Å². The van der Waals surface area contributed by atoms with Gasteiger partial charge in [-0.3, -0.25) is 4.79 Å². The second-order valence-corrected chi connectivity index (χ2v) is 3.66. The maximum Gasteiger partial charge on any atom is 0.255 e. The van der Waals surface area contributed by atoms with E-state index < -0.39 is 0 Å². The molecule has 0 fully saturated rings. The maximum absolute atomic E-state index is 12.7. The summed E-state index contributed by atoms with van der Waals surface area (Å²) in [5.74, 6) is -0.565. The first-order valence-corrected chi connectivity index (χ1v) is 5.14. The predicted molar refractivity (Wildman–Crippen MR) is 65.3 cm³/mol. The molecule has 0 spiro atoms. The predicted octanol–water partition coefficient (Wildman–Crippen LogP) is 3.26. The molecule has 0 unspecified atom stereocenters. The van der Waals surface area contributed by atoms with Crippen molar-refractivity contribution in [3.8, 4) is 0 Å². The van der Waals surface area contributed by atoms with E-state index in [9.17, 15) is 9.18 Å². The molecule has 0 aliphatic rings. The highest BCUT2D eigenvalue weighted by atomic mass is 19.1. The number of anilines is 1. The van der Waals surface area contributed by atoms with Gasteiger partial charge in [0.2, 0.25) is 0 Å². The molecule has 0 atom stereocenters. The fourth-order valence-electron chi connectivity index (χ4n) is 1.45. The van der Waals surface area contributed by atoms with Crippen molar-refractivity contribution in [1.29, 1.82) is 0 Å². The molecule has 0 saturated carbocycles. The minimum atomic E-state index is -0.331. The van der Waals surface area contributed by atoms with E-state index in [1.54, 1.807) is 18.2 Å². The molecule has 0 bridgehead atoms. The lowest BCUT2D eigenvalue weighted by atomic mass is 10.1. The number of benzene rings is 2. The molecule has 1 N–H and O–H groups in total. The lowest BCUT2D eigenvalue weighted by Crippen LogP contribution is -2.11. The van der Waals surface area contributed by atoms with Gasteiger partial charge >= 0.3 is 0 Å². The Balaban J connectivity index is 2.14. The van der Waals surface area contributed by atoms with Gasteiger partial charge in [-0.1, -0.05) is 12.1 Å². The zero-order chi connectivity index (χ0) is 12.3. The van der Waals surface area contributed by atoms with E-state index in [2.05, 4.69) is 12.2 Å². The van der Waals surface area contributed by atoms with Gasteiger partial charge in [-0.05, 0) is 48.9 Å². The third-order valence-corrected chi connectivity index (χ3v) is 2.29. The Bertz CT molecular complexity index is 534. The van der Waals surface area contributed by atoms with Crippen molar-refractivity contribution in [2.75, 3.05) is 5.32 Å². The third-order valence-electron chi connectivity index (χ3n) is 2.29. The molecule has 2 aromatic rings. The van der Waals surface area contributed by atoms with Gasteiger partial charge in [0.25, 0.3) is 5.91 Å². The Morgan fingerprint density at radius 1 is 1.12 bits per heavy atom. The number of hydrogen-bond donors (Lipinski definition) is 1. The van der Waals surface area contributed by atoms with Gasteiger partial charge in [-0.2, -0.15) is 0 Å². The molecule has 3 heteroatoms. The van der Waals surface area contributed by atoms with Gasteiger partial charge in [0.05, 0.1) is 0 Å². The molecule has 17 heavy (non-hydrogen) atoms. The molecule has 0 aliphatic carbocycles. The molecular weight excluding hydrogens is 217 g/mol. The van der Waals surface area contributed by atoms with Crippen LogP contribution >= 0.6 is 0 Å². The van der Waals surface area contributed by atoms with Crippen LogP contribution in [0.25, 0.3) is 0 Å². The average molecular weight is 228 g/mol. The number of halogens is 1. The van der Waals surface area contributed by atoms with E-state index in [1.807, 2.05) is 6.07 Å². The van der Waals surface area contributed by atoms with Crippen molar-refractivity contribution in [3.63, 3.8) is 0 Å². The zero-order valence-electron chi connectivity index (χ0n) is 9.11. The second kappa shape index (κ2) is 4.78. The number of hydrogen-bond acceptors (Lipinski definition) is 1. The second-order valence-electron chi connectivity index (χ2n) is 3.66. The maximum atomic E-state index is 12.7. The number of amides is 1. The van der Waals surface area contributed by atoms with Crippen LogP contribution in [0.4, 0.5) is 10.1 Å². The topological polar surface area (TPSA) is 29.1 Å². The van der Waals surface area contributed by atoms with E-state index in [1.165, 1.54) is 24.3 Å². The standard InChI is InChI=1S/C14H11FNO/c1-10-3-2-4-11(9-10)14(17)16-13-7-5-12(15)6-8-13/h2-9H,1H2,(H,16,17). The Kier molecular flexibility index (Phi) is 3.19. The van der Waals surface area contributed by atoms with Crippen LogP contribution in [0, 0.1) is 12.7 Å². The molecule has 0 aromatic heterocycles. The molecule has 2 nitrogen and oxygen atoms in total. The van der Waals surface area contributed by atoms with Gasteiger partial charge < -0.3 is 5.32 Å². The summed E-state index contributed by atoms with van der Waals surface area (Å²) in [6.07, 6.45) is 0. The Hall–Kier alpha value is -2.16. The molecule has 1 amide bonds. The van der Waals surface area contributed by atoms with Crippen LogP contribution in [0.5, 0.6) is 0 Å². The van der Waals surface area contributed by atoms with Gasteiger partial charge in [0.15, 0.2) is 0 Å². The van der Waals surface area contributed by atoms with Crippen molar-refractivity contribution < 1.29 is 9.18 Å². The first-order chi connectivity index (χ1) is 8.15. The van der Waals surface area contributed by atoms with Gasteiger partial charge in [-0.15, -0.1) is 0 Å². The summed E-state index contributed by atoms with van der Waals surface area (Å²) < 4.78 is 12.7. The molecule has 85 valence electrons. The van der Waals surface area contributed by atoms with Gasteiger partial charge in [0.1, 0.15) is 5.82 Å². The number of nitrogens with one attached hydrogen (secondary N) is 1. The normalized spacial score (nSPS) is 10.0. The highest BCUT2D eigenvalue weighted by Crippen LogP contribution is 2.11. The number of carbonyl (C=O) groups is 1. The molecule has 2 rings (SSSR count). The van der Waals surface area contributed by atoms with E-state index in [0.29, 0.717) is 11.3 Å². The Labute approximate surface area is 99.1 Å². The van der Waals surface area contributed by atoms with E-state index in [0.717, 1.165) is 5.56 Å². The van der Waals surface area contributed by atoms with Gasteiger partial charge in [0, 0.05) is 11.3 Å². The van der Waals surface area contributed by atoms with E-state index in [4.69, 9.17) is 0 Å². The fraction of sp³-hybridized carbons (Fsp3) is 0. The van der Waals surface area contributed by atoms with Crippen molar-refractivity contribution >= 4 is 11.6 Å². The summed E-state index contributed by atoms with van der Waals surface area (Å²) in [7, 11) is 0. The number of rotatable bonds is 2. The van der Waals surface area contributed by atoms with E-state index in [-0.39, 0.29) is 11.7 Å². The molecule has 0 saturated heterocycles. The molecule has 1 radical (unpaired) electrons. The lowest BCUT2D eigenvalue weighted by Gasteiger charge is -2.05. The SMILES string of the molecule is [CH2]c1cccc(C(=O)Nc2ccc(F)cc2)c1. The third kappa shape index (κ3) is 2.91. The molecular formula is C14H11FNO. The van der Waals surface area contributed by atoms with Crippen LogP contribution < -0.4 is 5.32 Å². The van der Waals surface area contributed by atoms with Crippen molar-refractivity contribution in [3.05, 3.63) is 72.4 Å². The first kappa shape index (κ1) is 11.3. The van der Waals surface area contributed by atoms with Crippen LogP contribution in [0.2, 0.25) is 0 Å². The largest absolute Gasteiger partial charge is 0.322 e. The highest BCUT2D eigenvalue weighted by molar-refractivity contribution is 6.04. The van der Waals surface area contributed by atoms with Crippen LogP contribution in [0.1, 0.15) is 15.9 Å². The quantitative estimate of drug-likeness (QED) is 0.839. The lowest BCUT2D eigenvalue weighted by molar-refractivity contribution is 0.102. The van der Waals surface area contributed by atoms with Gasteiger partial charge in [-0.25, -0.2) is 4.39 Å². The molecule has 0 aliphatic heterocycles. The first-order valence-electron chi connectivity index (χ1n) is 5.14. The Morgan fingerprint density at radius 3 is 2.47 bits per heavy atom. The molecule has 2 aromatic carbocycles. The van der Waals surface area contributed by atoms with Crippen LogP contribution in [0.15, 0.2) is 48.5 Å². The summed E-state index contributed by atoms with van der Waals surface area (Å²) in [5.41, 5.74) is 1.87. The Morgan fingerprint density at radius 2 is 1.82 bits per heavy atom. The summed E-state index contributed by atoms with van der Waals surface area (Å²) >= 11 is 0. The smallest absolute Gasteiger partial charge is 0.255 e. The summed E-state index contributed by atoms with van der Waals surface area (Å²) in [6, 6.07) is 12.6. The zero-order valence-corrected chi connectivity index (χ0v) is 9.11. The minimum absolute atomic E-state index is 0.234. The average Bonchev–Trinajstić information content (AvgIpc) is 2.32. The summed E-state index contributed by atoms with van der Waals surface area (Å²) in [6.45, 7) is 3.75. The van der Waals surface area contributed by atoms with Crippen molar-refractivity contribution in [1.82, 2.24) is 0 Å². The fourth-order valence-corrected chi connectivity index (χ4v) is 1.45. The highest BCUT2D eigenvalue weighted by Gasteiger charge is 2.05. The monoisotopic (exact) mass is 228 g/mol. The molecule has 0 heterocycles. The van der Waals surface area contributed by atoms with Crippen molar-refractivity contribution in [2.24, 2.45) is 0 Å². The summed E-state index contributed by atoms with van der Waals surface area (Å²) in [4.78, 5) is 11.8. The van der Waals surface area contributed by atoms with Crippen LogP contribution in [-0.4, -0.2) is 5.91 Å². The van der Waals surface area contributed by atoms with E-state index >= 15 is 0 Å². The number of carbonyl (C=O) groups excluding carboxylic acids is 1. The minimum Gasteiger partial charge on any atom is -0.322 e. The van der Waals surface area contributed by atoms with Crippen LogP contribution in [0.3, 0.4) is 0 Å².